The average Bonchev–Trinajstić information content (AvgIpc) is 2.43. The molecule has 1 aromatic carbocycles. The summed E-state index contributed by atoms with van der Waals surface area (Å²) < 4.78 is 28.6. The Kier molecular flexibility index (Phi) is 4.20. The highest BCUT2D eigenvalue weighted by molar-refractivity contribution is 9.12. The summed E-state index contributed by atoms with van der Waals surface area (Å²) in [5, 5.41) is 3.56. The van der Waals surface area contributed by atoms with E-state index >= 15 is 0 Å². The van der Waals surface area contributed by atoms with E-state index < -0.39 is 10.1 Å². The van der Waals surface area contributed by atoms with Crippen LogP contribution in [0.25, 0.3) is 0 Å². The Morgan fingerprint density at radius 1 is 1.15 bits per heavy atom. The largest absolute Gasteiger partial charge is 0.358 e. The Labute approximate surface area is 124 Å². The fourth-order valence-corrected chi connectivity index (χ4v) is 2.80. The molecule has 0 spiro atoms. The van der Waals surface area contributed by atoms with E-state index in [0.717, 1.165) is 0 Å². The highest BCUT2D eigenvalue weighted by Crippen LogP contribution is 2.19. The predicted molar refractivity (Wildman–Crippen MR) is 77.9 cm³/mol. The highest BCUT2D eigenvalue weighted by Gasteiger charge is 2.18. The Morgan fingerprint density at radius 2 is 1.80 bits per heavy atom. The molecular weight excluding hydrogens is 346 g/mol. The van der Waals surface area contributed by atoms with Crippen LogP contribution in [0.2, 0.25) is 0 Å². The van der Waals surface area contributed by atoms with Crippen molar-refractivity contribution in [2.24, 2.45) is 5.16 Å². The Balaban J connectivity index is 2.24. The standard InChI is InChI=1S/C13H10BrNO4S/c1-9-7-10(8-12(14)13(9)16)15-19-20(17,18)11-5-3-2-4-6-11/h2-8H,1H3/b15-10+. The van der Waals surface area contributed by atoms with Gasteiger partial charge >= 0.3 is 10.1 Å². The monoisotopic (exact) mass is 355 g/mol. The van der Waals surface area contributed by atoms with Crippen LogP contribution in [-0.2, 0) is 19.2 Å². The van der Waals surface area contributed by atoms with Crippen LogP contribution in [0.4, 0.5) is 0 Å². The average molecular weight is 356 g/mol. The summed E-state index contributed by atoms with van der Waals surface area (Å²) in [4.78, 5) is 11.5. The molecule has 2 rings (SSSR count). The Morgan fingerprint density at radius 3 is 2.40 bits per heavy atom. The van der Waals surface area contributed by atoms with Crippen LogP contribution in [0, 0.1) is 0 Å². The zero-order valence-electron chi connectivity index (χ0n) is 10.4. The quantitative estimate of drug-likeness (QED) is 0.616. The fourth-order valence-electron chi connectivity index (χ4n) is 1.49. The van der Waals surface area contributed by atoms with Crippen LogP contribution in [-0.4, -0.2) is 19.9 Å². The van der Waals surface area contributed by atoms with Crippen molar-refractivity contribution in [2.45, 2.75) is 11.8 Å². The normalized spacial score (nSPS) is 17.7. The molecule has 0 bridgehead atoms. The maximum atomic E-state index is 11.9. The molecule has 0 atom stereocenters. The van der Waals surface area contributed by atoms with E-state index in [1.807, 2.05) is 0 Å². The van der Waals surface area contributed by atoms with Crippen LogP contribution in [0.1, 0.15) is 6.92 Å². The van der Waals surface area contributed by atoms with Crippen LogP contribution >= 0.6 is 15.9 Å². The van der Waals surface area contributed by atoms with Crippen molar-refractivity contribution in [1.29, 1.82) is 0 Å². The summed E-state index contributed by atoms with van der Waals surface area (Å²) >= 11 is 3.08. The van der Waals surface area contributed by atoms with E-state index in [0.29, 0.717) is 10.1 Å². The minimum absolute atomic E-state index is 0.0139. The summed E-state index contributed by atoms with van der Waals surface area (Å²) in [5.74, 6) is -0.171. The fraction of sp³-hybridized carbons (Fsp3) is 0.0769. The molecular formula is C13H10BrNO4S. The molecule has 5 nitrogen and oxygen atoms in total. The molecule has 0 saturated carbocycles. The molecule has 0 radical (unpaired) electrons. The van der Waals surface area contributed by atoms with Crippen molar-refractivity contribution in [2.75, 3.05) is 0 Å². The van der Waals surface area contributed by atoms with Crippen molar-refractivity contribution in [3.05, 3.63) is 52.5 Å². The molecule has 1 aliphatic rings. The van der Waals surface area contributed by atoms with Crippen LogP contribution in [0.15, 0.2) is 62.6 Å². The Hall–Kier alpha value is -1.73. The molecule has 0 aromatic heterocycles. The molecule has 1 aliphatic carbocycles. The first-order chi connectivity index (χ1) is 9.40. The Bertz CT molecular complexity index is 709. The number of carbonyl (C=O) groups is 1. The van der Waals surface area contributed by atoms with Crippen LogP contribution in [0.5, 0.6) is 0 Å². The van der Waals surface area contributed by atoms with Crippen LogP contribution in [0.3, 0.4) is 0 Å². The van der Waals surface area contributed by atoms with Gasteiger partial charge in [-0.1, -0.05) is 23.4 Å². The van der Waals surface area contributed by atoms with E-state index in [9.17, 15) is 13.2 Å². The molecule has 0 saturated heterocycles. The second-order valence-electron chi connectivity index (χ2n) is 4.01. The summed E-state index contributed by atoms with van der Waals surface area (Å²) in [6.07, 6.45) is 2.85. The number of hydrogen-bond acceptors (Lipinski definition) is 5. The summed E-state index contributed by atoms with van der Waals surface area (Å²) in [7, 11) is -3.95. The van der Waals surface area contributed by atoms with Crippen molar-refractivity contribution in [1.82, 2.24) is 0 Å². The van der Waals surface area contributed by atoms with E-state index in [4.69, 9.17) is 0 Å². The van der Waals surface area contributed by atoms with Crippen molar-refractivity contribution < 1.29 is 17.5 Å². The molecule has 104 valence electrons. The van der Waals surface area contributed by atoms with Crippen molar-refractivity contribution in [3.63, 3.8) is 0 Å². The predicted octanol–water partition coefficient (Wildman–Crippen LogP) is 2.56. The minimum Gasteiger partial charge on any atom is -0.288 e. The SMILES string of the molecule is CC1=C/C(=N\OS(=O)(=O)c2ccccc2)C=C(Br)C1=O. The lowest BCUT2D eigenvalue weighted by atomic mass is 10.1. The van der Waals surface area contributed by atoms with E-state index in [2.05, 4.69) is 25.4 Å². The number of oxime groups is 1. The van der Waals surface area contributed by atoms with Gasteiger partial charge in [0, 0.05) is 0 Å². The van der Waals surface area contributed by atoms with Gasteiger partial charge in [-0.25, -0.2) is 0 Å². The molecule has 0 N–H and O–H groups in total. The highest BCUT2D eigenvalue weighted by atomic mass is 79.9. The lowest BCUT2D eigenvalue weighted by Gasteiger charge is -2.07. The van der Waals surface area contributed by atoms with Gasteiger partial charge in [0.1, 0.15) is 10.6 Å². The third-order valence-electron chi connectivity index (χ3n) is 2.49. The van der Waals surface area contributed by atoms with Gasteiger partial charge in [0.05, 0.1) is 4.48 Å². The van der Waals surface area contributed by atoms with Gasteiger partial charge in [-0.15, -0.1) is 0 Å². The van der Waals surface area contributed by atoms with Gasteiger partial charge in [0.15, 0.2) is 5.78 Å². The number of Topliss-reactive ketones (excluding diaryl/α,β-unsaturated/α-hetero) is 1. The zero-order chi connectivity index (χ0) is 14.8. The molecule has 0 amide bonds. The number of benzene rings is 1. The summed E-state index contributed by atoms with van der Waals surface area (Å²) in [6.45, 7) is 1.61. The molecule has 0 unspecified atom stereocenters. The van der Waals surface area contributed by atoms with E-state index in [-0.39, 0.29) is 16.4 Å². The summed E-state index contributed by atoms with van der Waals surface area (Å²) in [5.41, 5.74) is 0.687. The number of nitrogens with zero attached hydrogens (tertiary/aromatic N) is 1. The number of ketones is 1. The second-order valence-corrected chi connectivity index (χ2v) is 6.39. The van der Waals surface area contributed by atoms with Crippen molar-refractivity contribution >= 4 is 37.5 Å². The number of halogens is 1. The van der Waals surface area contributed by atoms with Crippen molar-refractivity contribution in [3.8, 4) is 0 Å². The lowest BCUT2D eigenvalue weighted by Crippen LogP contribution is -2.10. The first-order valence-corrected chi connectivity index (χ1v) is 7.77. The number of hydrogen-bond donors (Lipinski definition) is 0. The van der Waals surface area contributed by atoms with Gasteiger partial charge in [-0.3, -0.25) is 9.08 Å². The molecule has 7 heteroatoms. The first-order valence-electron chi connectivity index (χ1n) is 5.57. The van der Waals surface area contributed by atoms with E-state index in [1.165, 1.54) is 24.3 Å². The first kappa shape index (κ1) is 14.7. The number of rotatable bonds is 3. The molecule has 0 aliphatic heterocycles. The third kappa shape index (κ3) is 3.23. The number of allylic oxidation sites excluding steroid dienone is 4. The van der Waals surface area contributed by atoms with Gasteiger partial charge in [-0.05, 0) is 52.7 Å². The van der Waals surface area contributed by atoms with E-state index in [1.54, 1.807) is 25.1 Å². The zero-order valence-corrected chi connectivity index (χ0v) is 12.8. The second kappa shape index (κ2) is 5.72. The maximum absolute atomic E-state index is 11.9. The third-order valence-corrected chi connectivity index (χ3v) is 4.20. The lowest BCUT2D eigenvalue weighted by molar-refractivity contribution is -0.111. The van der Waals surface area contributed by atoms with Gasteiger partial charge in [0.2, 0.25) is 0 Å². The molecule has 0 heterocycles. The molecule has 0 fully saturated rings. The minimum atomic E-state index is -3.95. The molecule has 20 heavy (non-hydrogen) atoms. The van der Waals surface area contributed by atoms with Gasteiger partial charge in [0.25, 0.3) is 0 Å². The van der Waals surface area contributed by atoms with Gasteiger partial charge < -0.3 is 0 Å². The smallest absolute Gasteiger partial charge is 0.288 e. The maximum Gasteiger partial charge on any atom is 0.358 e. The van der Waals surface area contributed by atoms with Gasteiger partial charge in [-0.2, -0.15) is 8.42 Å². The summed E-state index contributed by atoms with van der Waals surface area (Å²) in [6, 6.07) is 7.69. The molecule has 1 aromatic rings. The topological polar surface area (TPSA) is 72.8 Å². The number of carbonyl (C=O) groups excluding carboxylic acids is 1. The van der Waals surface area contributed by atoms with Crippen LogP contribution < -0.4 is 0 Å².